The van der Waals surface area contributed by atoms with E-state index < -0.39 is 11.6 Å². The molecule has 0 saturated carbocycles. The van der Waals surface area contributed by atoms with Crippen LogP contribution in [-0.4, -0.2) is 16.2 Å². The molecule has 2 N–H and O–H groups in total. The minimum Gasteiger partial charge on any atom is -1.00 e. The van der Waals surface area contributed by atoms with E-state index in [2.05, 4.69) is 0 Å². The van der Waals surface area contributed by atoms with Gasteiger partial charge < -0.3 is 22.5 Å². The van der Waals surface area contributed by atoms with E-state index in [1.807, 2.05) is 57.3 Å². The average Bonchev–Trinajstić information content (AvgIpc) is 2.96. The van der Waals surface area contributed by atoms with Gasteiger partial charge in [0.05, 0.1) is 12.7 Å². The Kier molecular flexibility index (Phi) is 6.93. The van der Waals surface area contributed by atoms with Gasteiger partial charge in [0.15, 0.2) is 17.1 Å². The predicted octanol–water partition coefficient (Wildman–Crippen LogP) is -0.892. The summed E-state index contributed by atoms with van der Waals surface area (Å²) in [7, 11) is 0. The van der Waals surface area contributed by atoms with Gasteiger partial charge in [-0.2, -0.15) is 0 Å². The Morgan fingerprint density at radius 1 is 0.793 bits per heavy atom. The zero-order chi connectivity index (χ0) is 18.9. The summed E-state index contributed by atoms with van der Waals surface area (Å²) in [6, 6.07) is 13.8. The Labute approximate surface area is 241 Å². The molecule has 2 aliphatic rings. The number of carbonyl (C=O) groups is 1. The number of ether oxygens (including phenoxy) is 2. The Hall–Kier alpha value is -0.01000. The second-order valence-electron chi connectivity index (χ2n) is 6.27. The van der Waals surface area contributed by atoms with E-state index in [1.165, 1.54) is 0 Å². The molecule has 0 fully saturated rings. The molecule has 0 amide bonds. The number of fused-ring (bicyclic) bond motifs is 6. The van der Waals surface area contributed by atoms with Crippen molar-refractivity contribution in [1.29, 1.82) is 0 Å². The van der Waals surface area contributed by atoms with E-state index in [0.29, 0.717) is 40.9 Å². The molecular weight excluding hydrogens is 620 g/mol. The molecule has 0 aliphatic carbocycles. The van der Waals surface area contributed by atoms with E-state index in [1.54, 1.807) is 36.4 Å². The summed E-state index contributed by atoms with van der Waals surface area (Å²) < 4.78 is 13.1. The minimum atomic E-state index is -1.20. The fraction of sp³-hybridized carbons (Fsp3) is 0.0500. The number of hydrogen-bond acceptors (Lipinski definition) is 5. The van der Waals surface area contributed by atoms with Crippen LogP contribution >= 0.6 is 45.2 Å². The topological polar surface area (TPSA) is 76.0 Å². The van der Waals surface area contributed by atoms with Crippen molar-refractivity contribution in [3.63, 3.8) is 0 Å². The summed E-state index contributed by atoms with van der Waals surface area (Å²) in [5.74, 6) is 0.546. The number of phenolic OH excluding ortho intramolecular Hbond substituents is 2. The molecule has 0 unspecified atom stereocenters. The van der Waals surface area contributed by atoms with Crippen LogP contribution < -0.4 is 63.9 Å². The summed E-state index contributed by atoms with van der Waals surface area (Å²) in [5.41, 5.74) is 1.28. The molecule has 0 saturated heterocycles. The normalized spacial score (nSPS) is 14.5. The van der Waals surface area contributed by atoms with Gasteiger partial charge in [-0.15, -0.1) is 0 Å². The van der Waals surface area contributed by atoms with Crippen LogP contribution in [0.25, 0.3) is 0 Å². The Morgan fingerprint density at radius 2 is 1.31 bits per heavy atom. The van der Waals surface area contributed by atoms with Gasteiger partial charge in [-0.3, -0.25) is 0 Å². The number of hydrogen-bond donors (Lipinski definition) is 2. The van der Waals surface area contributed by atoms with Gasteiger partial charge in [0, 0.05) is 16.7 Å². The maximum Gasteiger partial charge on any atom is 1.00 e. The minimum absolute atomic E-state index is 0. The van der Waals surface area contributed by atoms with Crippen LogP contribution in [-0.2, 0) is 10.3 Å². The molecule has 29 heavy (non-hydrogen) atoms. The Balaban J connectivity index is 0.00000120. The molecule has 2 heterocycles. The van der Waals surface area contributed by atoms with Gasteiger partial charge in [0.25, 0.3) is 0 Å². The van der Waals surface area contributed by atoms with Crippen molar-refractivity contribution in [2.75, 3.05) is 0 Å². The largest absolute Gasteiger partial charge is 1.00 e. The fourth-order valence-corrected chi connectivity index (χ4v) is 4.87. The van der Waals surface area contributed by atoms with E-state index in [9.17, 15) is 15.0 Å². The number of benzene rings is 3. The molecule has 138 valence electrons. The van der Waals surface area contributed by atoms with E-state index in [-0.39, 0.29) is 73.5 Å². The third-order valence-corrected chi connectivity index (χ3v) is 6.97. The smallest absolute Gasteiger partial charge is 1.00 e. The Morgan fingerprint density at radius 3 is 1.86 bits per heavy atom. The van der Waals surface area contributed by atoms with Gasteiger partial charge in [0.2, 0.25) is 0 Å². The summed E-state index contributed by atoms with van der Waals surface area (Å²) in [6.45, 7) is 0. The third kappa shape index (κ3) is 3.27. The Bertz CT molecular complexity index is 1120. The van der Waals surface area contributed by atoms with Crippen LogP contribution in [0, 0.1) is 7.14 Å². The second kappa shape index (κ2) is 8.50. The summed E-state index contributed by atoms with van der Waals surface area (Å²) in [6.07, 6.45) is 0. The first-order valence-corrected chi connectivity index (χ1v) is 10.2. The van der Waals surface area contributed by atoms with Crippen LogP contribution in [0.2, 0.25) is 0 Å². The first-order valence-electron chi connectivity index (χ1n) is 7.99. The number of carbonyl (C=O) groups excluding carboxylic acids is 1. The molecule has 2 aliphatic heterocycles. The number of esters is 1. The van der Waals surface area contributed by atoms with Gasteiger partial charge in [0.1, 0.15) is 11.5 Å². The van der Waals surface area contributed by atoms with Crippen molar-refractivity contribution in [3.05, 3.63) is 77.9 Å². The maximum atomic E-state index is 12.7. The number of rotatable bonds is 0. The molecular formula is C20H12I2Na2O5. The summed E-state index contributed by atoms with van der Waals surface area (Å²) in [5, 5.41) is 20.4. The second-order valence-corrected chi connectivity index (χ2v) is 8.43. The molecule has 0 bridgehead atoms. The predicted molar refractivity (Wildman–Crippen MR) is 116 cm³/mol. The first kappa shape index (κ1) is 23.6. The van der Waals surface area contributed by atoms with Gasteiger partial charge in [-0.1, -0.05) is 18.2 Å². The van der Waals surface area contributed by atoms with E-state index in [4.69, 9.17) is 9.47 Å². The van der Waals surface area contributed by atoms with Gasteiger partial charge in [-0.25, -0.2) is 4.79 Å². The van der Waals surface area contributed by atoms with Crippen molar-refractivity contribution in [3.8, 4) is 23.0 Å². The van der Waals surface area contributed by atoms with Gasteiger partial charge in [-0.05, 0) is 75.5 Å². The molecule has 5 nitrogen and oxygen atoms in total. The third-order valence-electron chi connectivity index (χ3n) is 4.89. The maximum absolute atomic E-state index is 12.7. The van der Waals surface area contributed by atoms with Crippen LogP contribution in [0.4, 0.5) is 0 Å². The summed E-state index contributed by atoms with van der Waals surface area (Å²) in [4.78, 5) is 12.7. The molecule has 3 aromatic carbocycles. The monoisotopic (exact) mass is 632 g/mol. The first-order chi connectivity index (χ1) is 12.9. The molecule has 0 radical (unpaired) electrons. The number of halogens is 2. The molecule has 0 aromatic heterocycles. The van der Waals surface area contributed by atoms with Crippen molar-refractivity contribution in [2.24, 2.45) is 0 Å². The fourth-order valence-electron chi connectivity index (χ4n) is 3.71. The van der Waals surface area contributed by atoms with Crippen LogP contribution in [0.5, 0.6) is 23.0 Å². The summed E-state index contributed by atoms with van der Waals surface area (Å²) >= 11 is 4.00. The number of phenols is 2. The molecule has 5 rings (SSSR count). The molecule has 0 atom stereocenters. The van der Waals surface area contributed by atoms with Crippen LogP contribution in [0.3, 0.4) is 0 Å². The van der Waals surface area contributed by atoms with E-state index >= 15 is 0 Å². The number of aromatic hydroxyl groups is 2. The van der Waals surface area contributed by atoms with E-state index in [0.717, 1.165) is 0 Å². The molecule has 3 aromatic rings. The van der Waals surface area contributed by atoms with Gasteiger partial charge >= 0.3 is 65.1 Å². The van der Waals surface area contributed by atoms with Crippen molar-refractivity contribution in [2.45, 2.75) is 5.60 Å². The average molecular weight is 632 g/mol. The zero-order valence-corrected chi connectivity index (χ0v) is 23.8. The van der Waals surface area contributed by atoms with Crippen molar-refractivity contribution in [1.82, 2.24) is 0 Å². The van der Waals surface area contributed by atoms with Crippen LogP contribution in [0.15, 0.2) is 48.5 Å². The van der Waals surface area contributed by atoms with Crippen molar-refractivity contribution < 1.29 is 86.4 Å². The molecule has 1 spiro atoms. The zero-order valence-electron chi connectivity index (χ0n) is 17.5. The SMILES string of the molecule is O=C1OC2(c3ccccc31)c1ccc(O)c(I)c1Oc1c2ccc(O)c1I.[H-].[H-].[Na+].[Na+]. The quantitative estimate of drug-likeness (QED) is 0.191. The van der Waals surface area contributed by atoms with Crippen LogP contribution in [0.1, 0.15) is 29.9 Å². The standard InChI is InChI=1S/C20H10I2O5.2Na.2H/c21-15-13(23)7-5-11-17(15)26-18-12(6-8-14(24)16(18)22)20(11)10-4-2-1-3-9(10)19(25)27-20;;;;/h1-8,23-24H;;;;/q;2*+1;2*-1. The molecule has 9 heteroatoms. The van der Waals surface area contributed by atoms with Crippen molar-refractivity contribution >= 4 is 51.2 Å².